The van der Waals surface area contributed by atoms with Crippen molar-refractivity contribution in [2.75, 3.05) is 0 Å². The van der Waals surface area contributed by atoms with Gasteiger partial charge in [-0.1, -0.05) is 35.0 Å². The molecule has 2 rings (SSSR count). The van der Waals surface area contributed by atoms with Crippen LogP contribution in [0.5, 0.6) is 0 Å². The molecule has 0 saturated heterocycles. The standard InChI is InChI=1S/C9H5BrClN.CH4/c10-6-1-2-9-7(5-6)8(11)3-4-12-9;/h1-5H;1H4. The first-order valence-corrected chi connectivity index (χ1v) is 4.64. The van der Waals surface area contributed by atoms with E-state index in [0.29, 0.717) is 0 Å². The fourth-order valence-electron chi connectivity index (χ4n) is 1.08. The Morgan fingerprint density at radius 3 is 2.77 bits per heavy atom. The first-order valence-electron chi connectivity index (χ1n) is 3.47. The molecule has 1 heterocycles. The minimum atomic E-state index is 0. The van der Waals surface area contributed by atoms with Crippen molar-refractivity contribution in [1.29, 1.82) is 0 Å². The van der Waals surface area contributed by atoms with Gasteiger partial charge in [0.15, 0.2) is 0 Å². The molecule has 1 nitrogen and oxygen atoms in total. The van der Waals surface area contributed by atoms with Crippen LogP contribution in [-0.4, -0.2) is 4.98 Å². The Labute approximate surface area is 90.9 Å². The third kappa shape index (κ3) is 2.01. The molecule has 0 aliphatic heterocycles. The van der Waals surface area contributed by atoms with Gasteiger partial charge in [0.2, 0.25) is 0 Å². The van der Waals surface area contributed by atoms with Crippen LogP contribution in [0, 0.1) is 0 Å². The van der Waals surface area contributed by atoms with E-state index in [9.17, 15) is 0 Å². The molecule has 13 heavy (non-hydrogen) atoms. The van der Waals surface area contributed by atoms with Crippen molar-refractivity contribution in [2.24, 2.45) is 0 Å². The monoisotopic (exact) mass is 257 g/mol. The number of nitrogens with zero attached hydrogens (tertiary/aromatic N) is 1. The van der Waals surface area contributed by atoms with Crippen LogP contribution in [0.3, 0.4) is 0 Å². The molecule has 0 aliphatic carbocycles. The second kappa shape index (κ2) is 4.07. The van der Waals surface area contributed by atoms with Crippen LogP contribution in [0.2, 0.25) is 5.02 Å². The average Bonchev–Trinajstić information content (AvgIpc) is 2.07. The molecule has 0 radical (unpaired) electrons. The van der Waals surface area contributed by atoms with Crippen LogP contribution in [0.1, 0.15) is 7.43 Å². The Hall–Kier alpha value is -0.600. The van der Waals surface area contributed by atoms with Gasteiger partial charge in [-0.25, -0.2) is 0 Å². The van der Waals surface area contributed by atoms with Crippen molar-refractivity contribution >= 4 is 38.4 Å². The summed E-state index contributed by atoms with van der Waals surface area (Å²) in [7, 11) is 0. The summed E-state index contributed by atoms with van der Waals surface area (Å²) in [5, 5.41) is 1.72. The lowest BCUT2D eigenvalue weighted by Crippen LogP contribution is -1.78. The largest absolute Gasteiger partial charge is 0.256 e. The van der Waals surface area contributed by atoms with Crippen LogP contribution in [-0.2, 0) is 0 Å². The summed E-state index contributed by atoms with van der Waals surface area (Å²) in [5.41, 5.74) is 0.922. The molecular weight excluding hydrogens is 249 g/mol. The molecule has 0 fully saturated rings. The lowest BCUT2D eigenvalue weighted by molar-refractivity contribution is 1.41. The van der Waals surface area contributed by atoms with Crippen molar-refractivity contribution in [2.45, 2.75) is 7.43 Å². The quantitative estimate of drug-likeness (QED) is 0.687. The fourth-order valence-corrected chi connectivity index (χ4v) is 1.65. The normalized spacial score (nSPS) is 9.69. The predicted octanol–water partition coefficient (Wildman–Crippen LogP) is 4.29. The van der Waals surface area contributed by atoms with Gasteiger partial charge in [0.1, 0.15) is 0 Å². The number of benzene rings is 1. The Morgan fingerprint density at radius 2 is 2.00 bits per heavy atom. The second-order valence-corrected chi connectivity index (χ2v) is 3.78. The number of rotatable bonds is 0. The summed E-state index contributed by atoms with van der Waals surface area (Å²) < 4.78 is 1.02. The van der Waals surface area contributed by atoms with Gasteiger partial charge >= 0.3 is 0 Å². The van der Waals surface area contributed by atoms with Crippen molar-refractivity contribution in [1.82, 2.24) is 4.98 Å². The maximum Gasteiger partial charge on any atom is 0.0717 e. The molecule has 0 amide bonds. The van der Waals surface area contributed by atoms with E-state index in [1.807, 2.05) is 18.2 Å². The lowest BCUT2D eigenvalue weighted by atomic mass is 10.2. The lowest BCUT2D eigenvalue weighted by Gasteiger charge is -1.98. The highest BCUT2D eigenvalue weighted by Gasteiger charge is 1.98. The molecule has 0 aliphatic rings. The van der Waals surface area contributed by atoms with E-state index in [0.717, 1.165) is 20.4 Å². The molecule has 2 aromatic rings. The molecular formula is C10H9BrClN. The van der Waals surface area contributed by atoms with Crippen molar-refractivity contribution in [3.8, 4) is 0 Å². The van der Waals surface area contributed by atoms with Crippen LogP contribution >= 0.6 is 27.5 Å². The smallest absolute Gasteiger partial charge is 0.0717 e. The SMILES string of the molecule is C.Clc1ccnc2ccc(Br)cc12. The molecule has 68 valence electrons. The highest BCUT2D eigenvalue weighted by molar-refractivity contribution is 9.10. The number of halogens is 2. The topological polar surface area (TPSA) is 12.9 Å². The van der Waals surface area contributed by atoms with Gasteiger partial charge in [0.05, 0.1) is 10.5 Å². The molecule has 0 unspecified atom stereocenters. The minimum absolute atomic E-state index is 0. The van der Waals surface area contributed by atoms with Crippen LogP contribution < -0.4 is 0 Å². The summed E-state index contributed by atoms with van der Waals surface area (Å²) in [5.74, 6) is 0. The summed E-state index contributed by atoms with van der Waals surface area (Å²) in [4.78, 5) is 4.18. The van der Waals surface area contributed by atoms with Crippen molar-refractivity contribution < 1.29 is 0 Å². The van der Waals surface area contributed by atoms with E-state index < -0.39 is 0 Å². The van der Waals surface area contributed by atoms with Crippen LogP contribution in [0.15, 0.2) is 34.9 Å². The summed E-state index contributed by atoms with van der Waals surface area (Å²) in [6, 6.07) is 7.64. The van der Waals surface area contributed by atoms with Gasteiger partial charge in [-0.15, -0.1) is 0 Å². The molecule has 3 heteroatoms. The summed E-state index contributed by atoms with van der Waals surface area (Å²) in [6.07, 6.45) is 1.71. The highest BCUT2D eigenvalue weighted by Crippen LogP contribution is 2.24. The first-order chi connectivity index (χ1) is 5.77. The van der Waals surface area contributed by atoms with Crippen LogP contribution in [0.25, 0.3) is 10.9 Å². The van der Waals surface area contributed by atoms with Gasteiger partial charge in [-0.2, -0.15) is 0 Å². The zero-order valence-corrected chi connectivity index (χ0v) is 8.43. The van der Waals surface area contributed by atoms with E-state index in [-0.39, 0.29) is 7.43 Å². The van der Waals surface area contributed by atoms with Crippen LogP contribution in [0.4, 0.5) is 0 Å². The van der Waals surface area contributed by atoms with Gasteiger partial charge in [-0.3, -0.25) is 4.98 Å². The third-order valence-corrected chi connectivity index (χ3v) is 2.47. The number of fused-ring (bicyclic) bond motifs is 1. The zero-order chi connectivity index (χ0) is 8.55. The van der Waals surface area contributed by atoms with Gasteiger partial charge < -0.3 is 0 Å². The predicted molar refractivity (Wildman–Crippen MR) is 61.2 cm³/mol. The van der Waals surface area contributed by atoms with Gasteiger partial charge in [-0.05, 0) is 24.3 Å². The number of aromatic nitrogens is 1. The first kappa shape index (κ1) is 10.5. The Bertz CT molecular complexity index is 428. The number of hydrogen-bond donors (Lipinski definition) is 0. The van der Waals surface area contributed by atoms with E-state index >= 15 is 0 Å². The van der Waals surface area contributed by atoms with Crippen molar-refractivity contribution in [3.63, 3.8) is 0 Å². The molecule has 0 bridgehead atoms. The Kier molecular flexibility index (Phi) is 3.28. The van der Waals surface area contributed by atoms with E-state index in [4.69, 9.17) is 11.6 Å². The maximum atomic E-state index is 5.97. The molecule has 0 N–H and O–H groups in total. The van der Waals surface area contributed by atoms with Gasteiger partial charge in [0, 0.05) is 16.1 Å². The number of pyridine rings is 1. The van der Waals surface area contributed by atoms with E-state index in [1.165, 1.54) is 0 Å². The zero-order valence-electron chi connectivity index (χ0n) is 6.09. The van der Waals surface area contributed by atoms with Crippen molar-refractivity contribution in [3.05, 3.63) is 40.0 Å². The summed E-state index contributed by atoms with van der Waals surface area (Å²) in [6.45, 7) is 0. The summed E-state index contributed by atoms with van der Waals surface area (Å²) >= 11 is 9.35. The molecule has 0 spiro atoms. The average molecular weight is 259 g/mol. The van der Waals surface area contributed by atoms with Gasteiger partial charge in [0.25, 0.3) is 0 Å². The Balaban J connectivity index is 0.000000845. The second-order valence-electron chi connectivity index (χ2n) is 2.45. The van der Waals surface area contributed by atoms with E-state index in [2.05, 4.69) is 20.9 Å². The molecule has 0 atom stereocenters. The number of hydrogen-bond acceptors (Lipinski definition) is 1. The molecule has 1 aromatic heterocycles. The Morgan fingerprint density at radius 1 is 1.23 bits per heavy atom. The molecule has 0 saturated carbocycles. The van der Waals surface area contributed by atoms with E-state index in [1.54, 1.807) is 12.3 Å². The minimum Gasteiger partial charge on any atom is -0.256 e. The maximum absolute atomic E-state index is 5.97. The third-order valence-electron chi connectivity index (χ3n) is 1.65. The fraction of sp³-hybridized carbons (Fsp3) is 0.100. The molecule has 1 aromatic carbocycles. The highest BCUT2D eigenvalue weighted by atomic mass is 79.9.